The first-order valence-electron chi connectivity index (χ1n) is 6.03. The predicted molar refractivity (Wildman–Crippen MR) is 82.9 cm³/mol. The third-order valence-electron chi connectivity index (χ3n) is 2.82. The van der Waals surface area contributed by atoms with E-state index in [4.69, 9.17) is 27.9 Å². The Morgan fingerprint density at radius 2 is 1.76 bits per heavy atom. The molecule has 0 atom stereocenters. The van der Waals surface area contributed by atoms with E-state index in [0.29, 0.717) is 11.3 Å². The van der Waals surface area contributed by atoms with Crippen LogP contribution in [0.2, 0.25) is 10.0 Å². The molecule has 0 aliphatic heterocycles. The van der Waals surface area contributed by atoms with Crippen molar-refractivity contribution in [3.63, 3.8) is 0 Å². The molecule has 0 aromatic heterocycles. The van der Waals surface area contributed by atoms with E-state index in [1.54, 1.807) is 30.3 Å². The first-order chi connectivity index (χ1) is 10.0. The van der Waals surface area contributed by atoms with Crippen LogP contribution in [0.3, 0.4) is 0 Å². The van der Waals surface area contributed by atoms with Crippen molar-refractivity contribution < 1.29 is 13.9 Å². The number of carbonyl (C=O) groups excluding carboxylic acids is 1. The SMILES string of the molecule is COc1ccc(C(=O)/C(F)=C\c2ccccc2)c(Cl)c1Cl. The van der Waals surface area contributed by atoms with Crippen molar-refractivity contribution in [3.05, 3.63) is 69.5 Å². The van der Waals surface area contributed by atoms with Gasteiger partial charge in [0.05, 0.1) is 12.1 Å². The van der Waals surface area contributed by atoms with Crippen molar-refractivity contribution >= 4 is 35.1 Å². The van der Waals surface area contributed by atoms with E-state index >= 15 is 0 Å². The third-order valence-corrected chi connectivity index (χ3v) is 3.69. The lowest BCUT2D eigenvalue weighted by atomic mass is 10.1. The highest BCUT2D eigenvalue weighted by Crippen LogP contribution is 2.35. The largest absolute Gasteiger partial charge is 0.495 e. The summed E-state index contributed by atoms with van der Waals surface area (Å²) in [5.74, 6) is -1.41. The van der Waals surface area contributed by atoms with Crippen molar-refractivity contribution in [2.24, 2.45) is 0 Å². The fourth-order valence-corrected chi connectivity index (χ4v) is 2.24. The average molecular weight is 325 g/mol. The molecule has 2 nitrogen and oxygen atoms in total. The van der Waals surface area contributed by atoms with Crippen molar-refractivity contribution in [3.8, 4) is 5.75 Å². The minimum Gasteiger partial charge on any atom is -0.495 e. The Morgan fingerprint density at radius 1 is 1.10 bits per heavy atom. The summed E-state index contributed by atoms with van der Waals surface area (Å²) in [4.78, 5) is 12.1. The molecule has 2 aromatic rings. The smallest absolute Gasteiger partial charge is 0.222 e. The van der Waals surface area contributed by atoms with Crippen LogP contribution in [0.1, 0.15) is 15.9 Å². The van der Waals surface area contributed by atoms with Gasteiger partial charge in [0.1, 0.15) is 10.8 Å². The number of Topliss-reactive ketones (excluding diaryl/α,β-unsaturated/α-hetero) is 1. The zero-order chi connectivity index (χ0) is 15.4. The molecule has 2 rings (SSSR count). The van der Waals surface area contributed by atoms with Crippen LogP contribution in [0, 0.1) is 0 Å². The lowest BCUT2D eigenvalue weighted by Gasteiger charge is -2.08. The summed E-state index contributed by atoms with van der Waals surface area (Å²) in [6.07, 6.45) is 1.15. The topological polar surface area (TPSA) is 26.3 Å². The number of halogens is 3. The number of hydrogen-bond acceptors (Lipinski definition) is 2. The highest BCUT2D eigenvalue weighted by Gasteiger charge is 2.19. The maximum atomic E-state index is 14.0. The van der Waals surface area contributed by atoms with Crippen LogP contribution in [0.4, 0.5) is 4.39 Å². The highest BCUT2D eigenvalue weighted by molar-refractivity contribution is 6.45. The van der Waals surface area contributed by atoms with E-state index in [1.807, 2.05) is 0 Å². The van der Waals surface area contributed by atoms with E-state index in [2.05, 4.69) is 0 Å². The lowest BCUT2D eigenvalue weighted by Crippen LogP contribution is -2.02. The van der Waals surface area contributed by atoms with E-state index < -0.39 is 11.6 Å². The number of benzene rings is 2. The maximum Gasteiger partial charge on any atom is 0.222 e. The molecule has 0 spiro atoms. The standard InChI is InChI=1S/C16H11Cl2FO2/c1-21-13-8-7-11(14(17)15(13)18)16(20)12(19)9-10-5-3-2-4-6-10/h2-9H,1H3/b12-9+. The number of rotatable bonds is 4. The number of ether oxygens (including phenoxy) is 1. The molecule has 0 aliphatic carbocycles. The molecule has 0 bridgehead atoms. The molecule has 2 aromatic carbocycles. The minimum atomic E-state index is -0.913. The predicted octanol–water partition coefficient (Wildman–Crippen LogP) is 5.20. The van der Waals surface area contributed by atoms with Gasteiger partial charge in [-0.1, -0.05) is 53.5 Å². The molecule has 0 amide bonds. The van der Waals surface area contributed by atoms with E-state index in [0.717, 1.165) is 6.08 Å². The zero-order valence-corrected chi connectivity index (χ0v) is 12.6. The average Bonchev–Trinajstić information content (AvgIpc) is 2.50. The van der Waals surface area contributed by atoms with Gasteiger partial charge in [0.2, 0.25) is 5.78 Å². The van der Waals surface area contributed by atoms with Gasteiger partial charge in [0.15, 0.2) is 5.83 Å². The summed E-state index contributed by atoms with van der Waals surface area (Å²) in [7, 11) is 1.43. The molecule has 0 heterocycles. The van der Waals surface area contributed by atoms with Gasteiger partial charge in [-0.05, 0) is 23.8 Å². The van der Waals surface area contributed by atoms with Crippen molar-refractivity contribution in [1.29, 1.82) is 0 Å². The quantitative estimate of drug-likeness (QED) is 0.571. The van der Waals surface area contributed by atoms with Gasteiger partial charge in [-0.15, -0.1) is 0 Å². The Morgan fingerprint density at radius 3 is 2.38 bits per heavy atom. The molecule has 5 heteroatoms. The molecule has 0 radical (unpaired) electrons. The molecule has 0 saturated carbocycles. The molecular weight excluding hydrogens is 314 g/mol. The van der Waals surface area contributed by atoms with E-state index in [1.165, 1.54) is 19.2 Å². The summed E-state index contributed by atoms with van der Waals surface area (Å²) in [5.41, 5.74) is 0.575. The summed E-state index contributed by atoms with van der Waals surface area (Å²) in [6.45, 7) is 0. The molecule has 0 unspecified atom stereocenters. The number of hydrogen-bond donors (Lipinski definition) is 0. The van der Waals surface area contributed by atoms with Gasteiger partial charge in [0.25, 0.3) is 0 Å². The Balaban J connectivity index is 2.37. The molecule has 0 N–H and O–H groups in total. The second-order valence-corrected chi connectivity index (χ2v) is 4.93. The van der Waals surface area contributed by atoms with Gasteiger partial charge < -0.3 is 4.74 Å². The molecule has 0 fully saturated rings. The monoisotopic (exact) mass is 324 g/mol. The van der Waals surface area contributed by atoms with E-state index in [-0.39, 0.29) is 15.6 Å². The summed E-state index contributed by atoms with van der Waals surface area (Å²) < 4.78 is 19.0. The summed E-state index contributed by atoms with van der Waals surface area (Å²) in [6, 6.07) is 11.5. The van der Waals surface area contributed by atoms with E-state index in [9.17, 15) is 9.18 Å². The molecule has 108 valence electrons. The zero-order valence-electron chi connectivity index (χ0n) is 11.1. The third kappa shape index (κ3) is 3.43. The van der Waals surface area contributed by atoms with Gasteiger partial charge in [-0.25, -0.2) is 4.39 Å². The van der Waals surface area contributed by atoms with Crippen molar-refractivity contribution in [2.75, 3.05) is 7.11 Å². The normalized spacial score (nSPS) is 11.3. The second-order valence-electron chi connectivity index (χ2n) is 4.18. The van der Waals surface area contributed by atoms with Crippen LogP contribution >= 0.6 is 23.2 Å². The van der Waals surface area contributed by atoms with Crippen LogP contribution in [0.5, 0.6) is 5.75 Å². The highest BCUT2D eigenvalue weighted by atomic mass is 35.5. The van der Waals surface area contributed by atoms with Crippen LogP contribution in [-0.2, 0) is 0 Å². The van der Waals surface area contributed by atoms with Crippen LogP contribution in [0.25, 0.3) is 6.08 Å². The fraction of sp³-hybridized carbons (Fsp3) is 0.0625. The minimum absolute atomic E-state index is 0.00727. The lowest BCUT2D eigenvalue weighted by molar-refractivity contribution is 0.101. The molecule has 0 saturated heterocycles. The second kappa shape index (κ2) is 6.74. The number of carbonyl (C=O) groups is 1. The summed E-state index contributed by atoms with van der Waals surface area (Å²) >= 11 is 11.9. The van der Waals surface area contributed by atoms with Gasteiger partial charge in [0, 0.05) is 5.56 Å². The van der Waals surface area contributed by atoms with Crippen LogP contribution in [-0.4, -0.2) is 12.9 Å². The number of allylic oxidation sites excluding steroid dienone is 1. The van der Waals surface area contributed by atoms with Gasteiger partial charge in [-0.3, -0.25) is 4.79 Å². The first-order valence-corrected chi connectivity index (χ1v) is 6.79. The Labute approximate surface area is 131 Å². The molecule has 21 heavy (non-hydrogen) atoms. The van der Waals surface area contributed by atoms with Crippen LogP contribution in [0.15, 0.2) is 48.3 Å². The Kier molecular flexibility index (Phi) is 4.99. The summed E-state index contributed by atoms with van der Waals surface area (Å²) in [5, 5.41) is 0.0511. The fourth-order valence-electron chi connectivity index (χ4n) is 1.75. The van der Waals surface area contributed by atoms with Gasteiger partial charge >= 0.3 is 0 Å². The Hall–Kier alpha value is -1.84. The Bertz CT molecular complexity index is 697. The maximum absolute atomic E-state index is 14.0. The number of ketones is 1. The molecular formula is C16H11Cl2FO2. The van der Waals surface area contributed by atoms with Crippen molar-refractivity contribution in [2.45, 2.75) is 0 Å². The first kappa shape index (κ1) is 15.5. The van der Waals surface area contributed by atoms with Crippen molar-refractivity contribution in [1.82, 2.24) is 0 Å². The van der Waals surface area contributed by atoms with Crippen LogP contribution < -0.4 is 4.74 Å². The number of methoxy groups -OCH3 is 1. The van der Waals surface area contributed by atoms with Gasteiger partial charge in [-0.2, -0.15) is 0 Å². The molecule has 0 aliphatic rings.